The first-order valence-electron chi connectivity index (χ1n) is 8.74. The van der Waals surface area contributed by atoms with Gasteiger partial charge in [-0.2, -0.15) is 5.10 Å². The molecule has 2 N–H and O–H groups in total. The molecule has 2 aromatic carbocycles. The number of aromatic amines is 2. The number of aromatic nitrogens is 3. The Hall–Kier alpha value is -3.33. The summed E-state index contributed by atoms with van der Waals surface area (Å²) >= 11 is 0. The van der Waals surface area contributed by atoms with Gasteiger partial charge in [0.15, 0.2) is 0 Å². The third-order valence-corrected chi connectivity index (χ3v) is 4.74. The number of H-pyrrole nitrogens is 2. The van der Waals surface area contributed by atoms with Crippen molar-refractivity contribution >= 4 is 27.4 Å². The number of para-hydroxylation sites is 1. The quantitative estimate of drug-likeness (QED) is 0.424. The Labute approximate surface area is 152 Å². The third kappa shape index (κ3) is 2.68. The molecular weight excluding hydrogens is 318 g/mol. The predicted molar refractivity (Wildman–Crippen MR) is 111 cm³/mol. The van der Waals surface area contributed by atoms with Crippen LogP contribution in [0.15, 0.2) is 78.9 Å². The van der Waals surface area contributed by atoms with Crippen LogP contribution < -0.4 is 0 Å². The van der Waals surface area contributed by atoms with E-state index in [1.165, 1.54) is 22.1 Å². The Balaban J connectivity index is 1.87. The van der Waals surface area contributed by atoms with E-state index in [2.05, 4.69) is 78.1 Å². The van der Waals surface area contributed by atoms with Gasteiger partial charge >= 0.3 is 0 Å². The van der Waals surface area contributed by atoms with Gasteiger partial charge in [-0.15, -0.1) is 0 Å². The number of rotatable bonds is 4. The van der Waals surface area contributed by atoms with Crippen LogP contribution in [0, 0.1) is 0 Å². The highest BCUT2D eigenvalue weighted by Gasteiger charge is 2.13. The van der Waals surface area contributed by atoms with Gasteiger partial charge in [-0.3, -0.25) is 5.10 Å². The zero-order valence-electron chi connectivity index (χ0n) is 15.0. The van der Waals surface area contributed by atoms with Crippen LogP contribution in [0.4, 0.5) is 0 Å². The standard InChI is InChI=1S/C23H21N3/c1-4-8-15(3)18(5-2)16-11-12-21-19(13-16)23(26-25-21)22-14-17-9-6-7-10-20(17)24-22/h4-14,24H,1H2,2-3H3,(H,25,26)/b15-8-,18-5+. The molecule has 2 heterocycles. The number of nitrogens with zero attached hydrogens (tertiary/aromatic N) is 1. The van der Waals surface area contributed by atoms with Gasteiger partial charge in [-0.05, 0) is 54.8 Å². The van der Waals surface area contributed by atoms with Crippen molar-refractivity contribution in [1.82, 2.24) is 15.2 Å². The van der Waals surface area contributed by atoms with E-state index < -0.39 is 0 Å². The van der Waals surface area contributed by atoms with Crippen LogP contribution in [0.1, 0.15) is 19.4 Å². The Bertz CT molecular complexity index is 1140. The number of hydrogen-bond donors (Lipinski definition) is 2. The molecule has 0 saturated carbocycles. The van der Waals surface area contributed by atoms with Crippen molar-refractivity contribution in [3.05, 3.63) is 84.5 Å². The fourth-order valence-electron chi connectivity index (χ4n) is 3.48. The minimum atomic E-state index is 0.943. The molecule has 0 aliphatic carbocycles. The molecule has 0 saturated heterocycles. The van der Waals surface area contributed by atoms with Gasteiger partial charge < -0.3 is 4.98 Å². The predicted octanol–water partition coefficient (Wildman–Crippen LogP) is 6.25. The summed E-state index contributed by atoms with van der Waals surface area (Å²) in [5, 5.41) is 10.0. The van der Waals surface area contributed by atoms with Crippen molar-refractivity contribution in [1.29, 1.82) is 0 Å². The lowest BCUT2D eigenvalue weighted by Crippen LogP contribution is -1.87. The SMILES string of the molecule is C=C/C=C(C)\C(=C/C)c1ccc2[nH]nc(-c3cc4ccccc4[nH]3)c2c1. The number of benzene rings is 2. The number of nitrogens with one attached hydrogen (secondary N) is 2. The number of fused-ring (bicyclic) bond motifs is 2. The minimum absolute atomic E-state index is 0.943. The highest BCUT2D eigenvalue weighted by Crippen LogP contribution is 2.32. The summed E-state index contributed by atoms with van der Waals surface area (Å²) in [6.45, 7) is 7.97. The Morgan fingerprint density at radius 1 is 1.08 bits per heavy atom. The first kappa shape index (κ1) is 16.2. The first-order valence-corrected chi connectivity index (χ1v) is 8.74. The van der Waals surface area contributed by atoms with E-state index in [4.69, 9.17) is 0 Å². The zero-order valence-corrected chi connectivity index (χ0v) is 15.0. The molecule has 0 spiro atoms. The molecule has 3 nitrogen and oxygen atoms in total. The molecule has 128 valence electrons. The van der Waals surface area contributed by atoms with Crippen molar-refractivity contribution in [2.24, 2.45) is 0 Å². The van der Waals surface area contributed by atoms with Crippen LogP contribution >= 0.6 is 0 Å². The summed E-state index contributed by atoms with van der Waals surface area (Å²) in [6, 6.07) is 16.9. The van der Waals surface area contributed by atoms with E-state index >= 15 is 0 Å². The Kier molecular flexibility index (Phi) is 4.05. The van der Waals surface area contributed by atoms with Crippen molar-refractivity contribution < 1.29 is 0 Å². The number of allylic oxidation sites excluding steroid dienone is 5. The van der Waals surface area contributed by atoms with E-state index in [-0.39, 0.29) is 0 Å². The molecule has 0 radical (unpaired) electrons. The second-order valence-corrected chi connectivity index (χ2v) is 6.39. The fraction of sp³-hybridized carbons (Fsp3) is 0.0870. The van der Waals surface area contributed by atoms with E-state index in [1.807, 2.05) is 24.3 Å². The van der Waals surface area contributed by atoms with E-state index in [9.17, 15) is 0 Å². The molecule has 3 heteroatoms. The van der Waals surface area contributed by atoms with E-state index in [0.717, 1.165) is 27.8 Å². The molecule has 2 aromatic heterocycles. The largest absolute Gasteiger partial charge is 0.353 e. The van der Waals surface area contributed by atoms with Gasteiger partial charge in [0, 0.05) is 16.3 Å². The molecule has 0 bridgehead atoms. The van der Waals surface area contributed by atoms with E-state index in [0.29, 0.717) is 0 Å². The smallest absolute Gasteiger partial charge is 0.116 e. The summed E-state index contributed by atoms with van der Waals surface area (Å²) in [5.74, 6) is 0. The lowest BCUT2D eigenvalue weighted by atomic mass is 9.96. The van der Waals surface area contributed by atoms with Gasteiger partial charge in [-0.1, -0.05) is 49.1 Å². The maximum Gasteiger partial charge on any atom is 0.116 e. The summed E-state index contributed by atoms with van der Waals surface area (Å²) in [6.07, 6.45) is 6.00. The van der Waals surface area contributed by atoms with Gasteiger partial charge in [0.1, 0.15) is 5.69 Å². The molecule has 0 aliphatic heterocycles. The van der Waals surface area contributed by atoms with Gasteiger partial charge in [0.05, 0.1) is 11.2 Å². The molecule has 4 aromatic rings. The molecule has 0 unspecified atom stereocenters. The fourth-order valence-corrected chi connectivity index (χ4v) is 3.48. The molecule has 4 rings (SSSR count). The molecular formula is C23H21N3. The van der Waals surface area contributed by atoms with Crippen LogP contribution in [0.2, 0.25) is 0 Å². The zero-order chi connectivity index (χ0) is 18.1. The van der Waals surface area contributed by atoms with Gasteiger partial charge in [0.25, 0.3) is 0 Å². The van der Waals surface area contributed by atoms with Crippen LogP contribution in [0.3, 0.4) is 0 Å². The van der Waals surface area contributed by atoms with E-state index in [1.54, 1.807) is 0 Å². The van der Waals surface area contributed by atoms with Crippen LogP contribution in [-0.4, -0.2) is 15.2 Å². The number of hydrogen-bond acceptors (Lipinski definition) is 1. The topological polar surface area (TPSA) is 44.5 Å². The maximum absolute atomic E-state index is 4.56. The highest BCUT2D eigenvalue weighted by molar-refractivity contribution is 5.97. The summed E-state index contributed by atoms with van der Waals surface area (Å²) < 4.78 is 0. The summed E-state index contributed by atoms with van der Waals surface area (Å²) in [4.78, 5) is 3.47. The van der Waals surface area contributed by atoms with Crippen LogP contribution in [-0.2, 0) is 0 Å². The van der Waals surface area contributed by atoms with Gasteiger partial charge in [-0.25, -0.2) is 0 Å². The monoisotopic (exact) mass is 339 g/mol. The van der Waals surface area contributed by atoms with Gasteiger partial charge in [0.2, 0.25) is 0 Å². The lowest BCUT2D eigenvalue weighted by Gasteiger charge is -2.08. The molecule has 0 fully saturated rings. The lowest BCUT2D eigenvalue weighted by molar-refractivity contribution is 1.12. The maximum atomic E-state index is 4.56. The molecule has 26 heavy (non-hydrogen) atoms. The third-order valence-electron chi connectivity index (χ3n) is 4.74. The molecule has 0 aliphatic rings. The minimum Gasteiger partial charge on any atom is -0.353 e. The average Bonchev–Trinajstić information content (AvgIpc) is 3.25. The van der Waals surface area contributed by atoms with Crippen molar-refractivity contribution in [2.75, 3.05) is 0 Å². The second kappa shape index (κ2) is 6.52. The van der Waals surface area contributed by atoms with Crippen LogP contribution in [0.5, 0.6) is 0 Å². The normalized spacial score (nSPS) is 12.8. The molecule has 0 atom stereocenters. The highest BCUT2D eigenvalue weighted by atomic mass is 15.1. The van der Waals surface area contributed by atoms with Crippen molar-refractivity contribution in [2.45, 2.75) is 13.8 Å². The van der Waals surface area contributed by atoms with Crippen molar-refractivity contribution in [3.63, 3.8) is 0 Å². The second-order valence-electron chi connectivity index (χ2n) is 6.39. The summed E-state index contributed by atoms with van der Waals surface area (Å²) in [5.41, 5.74) is 7.69. The molecule has 0 amide bonds. The average molecular weight is 339 g/mol. The van der Waals surface area contributed by atoms with Crippen LogP contribution in [0.25, 0.3) is 38.8 Å². The first-order chi connectivity index (χ1) is 12.7. The Morgan fingerprint density at radius 2 is 1.92 bits per heavy atom. The Morgan fingerprint density at radius 3 is 2.69 bits per heavy atom. The van der Waals surface area contributed by atoms with Crippen molar-refractivity contribution in [3.8, 4) is 11.4 Å². The summed E-state index contributed by atoms with van der Waals surface area (Å²) in [7, 11) is 0.